The topological polar surface area (TPSA) is 77.4 Å². The van der Waals surface area contributed by atoms with Crippen LogP contribution in [0.25, 0.3) is 0 Å². The van der Waals surface area contributed by atoms with E-state index in [4.69, 9.17) is 4.74 Å². The van der Waals surface area contributed by atoms with Crippen LogP contribution in [0, 0.1) is 5.92 Å². The Hall–Kier alpha value is -2.11. The summed E-state index contributed by atoms with van der Waals surface area (Å²) in [4.78, 5) is 35.0. The first-order valence-electron chi connectivity index (χ1n) is 7.66. The summed E-state index contributed by atoms with van der Waals surface area (Å²) in [7, 11) is 0. The number of amides is 1. The average Bonchev–Trinajstić information content (AvgIpc) is 2.50. The molecule has 1 aliphatic carbocycles. The fraction of sp³-hybridized carbons (Fsp3) is 0.562. The second-order valence-electron chi connectivity index (χ2n) is 5.76. The summed E-state index contributed by atoms with van der Waals surface area (Å²) in [5, 5.41) is 2.91. The lowest BCUT2D eigenvalue weighted by atomic mass is 9.86. The van der Waals surface area contributed by atoms with E-state index in [-0.39, 0.29) is 30.7 Å². The van der Waals surface area contributed by atoms with Gasteiger partial charge in [-0.15, -0.1) is 0 Å². The lowest BCUT2D eigenvalue weighted by Crippen LogP contribution is -2.43. The zero-order chi connectivity index (χ0) is 15.9. The van der Waals surface area contributed by atoms with Gasteiger partial charge in [-0.05, 0) is 24.8 Å². The van der Waals surface area contributed by atoms with E-state index in [1.165, 1.54) is 23.3 Å². The Morgan fingerprint density at radius 2 is 2.09 bits per heavy atom. The maximum atomic E-state index is 11.8. The molecule has 0 aliphatic heterocycles. The van der Waals surface area contributed by atoms with Gasteiger partial charge >= 0.3 is 5.97 Å². The molecule has 0 saturated heterocycles. The van der Waals surface area contributed by atoms with Crippen molar-refractivity contribution in [3.05, 3.63) is 34.7 Å². The molecule has 1 aliphatic rings. The number of pyridine rings is 1. The number of nitrogens with one attached hydrogen (secondary N) is 1. The lowest BCUT2D eigenvalue weighted by Gasteiger charge is -2.29. The van der Waals surface area contributed by atoms with Crippen molar-refractivity contribution in [2.45, 2.75) is 45.2 Å². The van der Waals surface area contributed by atoms with E-state index < -0.39 is 5.97 Å². The van der Waals surface area contributed by atoms with Gasteiger partial charge in [0.15, 0.2) is 6.61 Å². The van der Waals surface area contributed by atoms with Crippen molar-refractivity contribution in [2.75, 3.05) is 6.61 Å². The Morgan fingerprint density at radius 1 is 1.32 bits per heavy atom. The fourth-order valence-corrected chi connectivity index (χ4v) is 2.70. The largest absolute Gasteiger partial charge is 0.454 e. The Balaban J connectivity index is 1.75. The molecule has 0 unspecified atom stereocenters. The number of esters is 1. The van der Waals surface area contributed by atoms with Crippen LogP contribution < -0.4 is 10.9 Å². The van der Waals surface area contributed by atoms with Gasteiger partial charge in [-0.2, -0.15) is 0 Å². The van der Waals surface area contributed by atoms with Gasteiger partial charge in [0.1, 0.15) is 6.54 Å². The standard InChI is InChI=1S/C16H22N2O4/c1-12-6-2-3-7-13(12)17-14(19)11-22-16(21)10-18-9-5-4-8-15(18)20/h4-5,8-9,12-13H,2-3,6-7,10-11H2,1H3,(H,17,19)/t12-,13+/m1/s1. The number of hydrogen-bond donors (Lipinski definition) is 1. The third kappa shape index (κ3) is 4.72. The highest BCUT2D eigenvalue weighted by Gasteiger charge is 2.23. The van der Waals surface area contributed by atoms with Crippen LogP contribution in [0.3, 0.4) is 0 Å². The Morgan fingerprint density at radius 3 is 2.82 bits per heavy atom. The van der Waals surface area contributed by atoms with Crippen LogP contribution in [0.5, 0.6) is 0 Å². The molecule has 1 saturated carbocycles. The Bertz CT molecular complexity index is 582. The molecule has 22 heavy (non-hydrogen) atoms. The maximum Gasteiger partial charge on any atom is 0.326 e. The number of carbonyl (C=O) groups is 2. The van der Waals surface area contributed by atoms with Crippen molar-refractivity contribution in [3.63, 3.8) is 0 Å². The monoisotopic (exact) mass is 306 g/mol. The molecule has 1 aromatic rings. The van der Waals surface area contributed by atoms with E-state index in [0.29, 0.717) is 5.92 Å². The molecular weight excluding hydrogens is 284 g/mol. The van der Waals surface area contributed by atoms with Gasteiger partial charge in [0.05, 0.1) is 0 Å². The van der Waals surface area contributed by atoms with E-state index in [1.807, 2.05) is 0 Å². The van der Waals surface area contributed by atoms with E-state index in [9.17, 15) is 14.4 Å². The van der Waals surface area contributed by atoms with E-state index in [2.05, 4.69) is 12.2 Å². The second-order valence-corrected chi connectivity index (χ2v) is 5.76. The van der Waals surface area contributed by atoms with E-state index in [1.54, 1.807) is 12.1 Å². The third-order valence-electron chi connectivity index (χ3n) is 4.02. The molecule has 2 rings (SSSR count). The van der Waals surface area contributed by atoms with E-state index >= 15 is 0 Å². The first-order chi connectivity index (χ1) is 10.6. The number of aromatic nitrogens is 1. The summed E-state index contributed by atoms with van der Waals surface area (Å²) in [6.45, 7) is 1.63. The predicted molar refractivity (Wildman–Crippen MR) is 81.2 cm³/mol. The fourth-order valence-electron chi connectivity index (χ4n) is 2.70. The van der Waals surface area contributed by atoms with Gasteiger partial charge in [0, 0.05) is 18.3 Å². The minimum absolute atomic E-state index is 0.164. The molecular formula is C16H22N2O4. The minimum Gasteiger partial charge on any atom is -0.454 e. The van der Waals surface area contributed by atoms with Gasteiger partial charge in [0.2, 0.25) is 0 Å². The van der Waals surface area contributed by atoms with Crippen LogP contribution in [-0.2, 0) is 20.9 Å². The molecule has 0 radical (unpaired) electrons. The van der Waals surface area contributed by atoms with Crippen LogP contribution in [0.2, 0.25) is 0 Å². The molecule has 0 spiro atoms. The van der Waals surface area contributed by atoms with Crippen LogP contribution >= 0.6 is 0 Å². The third-order valence-corrected chi connectivity index (χ3v) is 4.02. The molecule has 6 heteroatoms. The summed E-state index contributed by atoms with van der Waals surface area (Å²) >= 11 is 0. The number of carbonyl (C=O) groups excluding carboxylic acids is 2. The number of hydrogen-bond acceptors (Lipinski definition) is 4. The van der Waals surface area contributed by atoms with Gasteiger partial charge in [-0.1, -0.05) is 25.8 Å². The van der Waals surface area contributed by atoms with Gasteiger partial charge < -0.3 is 14.6 Å². The van der Waals surface area contributed by atoms with Crippen molar-refractivity contribution in [3.8, 4) is 0 Å². The smallest absolute Gasteiger partial charge is 0.326 e. The molecule has 1 fully saturated rings. The molecule has 6 nitrogen and oxygen atoms in total. The zero-order valence-electron chi connectivity index (χ0n) is 12.8. The van der Waals surface area contributed by atoms with Gasteiger partial charge in [0.25, 0.3) is 11.5 Å². The van der Waals surface area contributed by atoms with Crippen molar-refractivity contribution >= 4 is 11.9 Å². The SMILES string of the molecule is C[C@@H]1CCCC[C@@H]1NC(=O)COC(=O)Cn1ccccc1=O. The van der Waals surface area contributed by atoms with Crippen molar-refractivity contribution in [1.82, 2.24) is 9.88 Å². The summed E-state index contributed by atoms with van der Waals surface area (Å²) in [5.41, 5.74) is -0.278. The highest BCUT2D eigenvalue weighted by molar-refractivity contribution is 5.80. The quantitative estimate of drug-likeness (QED) is 0.826. The van der Waals surface area contributed by atoms with Gasteiger partial charge in [-0.3, -0.25) is 14.4 Å². The Kier molecular flexibility index (Phi) is 5.75. The zero-order valence-corrected chi connectivity index (χ0v) is 12.8. The molecule has 0 bridgehead atoms. The highest BCUT2D eigenvalue weighted by Crippen LogP contribution is 2.23. The van der Waals surface area contributed by atoms with Crippen molar-refractivity contribution in [2.24, 2.45) is 5.92 Å². The summed E-state index contributed by atoms with van der Waals surface area (Å²) in [5.74, 6) is -0.427. The predicted octanol–water partition coefficient (Wildman–Crippen LogP) is 1.09. The summed E-state index contributed by atoms with van der Waals surface area (Å²) < 4.78 is 6.17. The van der Waals surface area contributed by atoms with Crippen LogP contribution in [0.4, 0.5) is 0 Å². The molecule has 120 valence electrons. The normalized spacial score (nSPS) is 21.1. The molecule has 0 aromatic carbocycles. The molecule has 1 amide bonds. The second kappa shape index (κ2) is 7.77. The average molecular weight is 306 g/mol. The number of ether oxygens (including phenoxy) is 1. The molecule has 1 N–H and O–H groups in total. The van der Waals surface area contributed by atoms with Crippen molar-refractivity contribution in [1.29, 1.82) is 0 Å². The number of nitrogens with zero attached hydrogens (tertiary/aromatic N) is 1. The number of rotatable bonds is 5. The first kappa shape index (κ1) is 16.3. The van der Waals surface area contributed by atoms with Gasteiger partial charge in [-0.25, -0.2) is 0 Å². The molecule has 2 atom stereocenters. The maximum absolute atomic E-state index is 11.8. The van der Waals surface area contributed by atoms with E-state index in [0.717, 1.165) is 19.3 Å². The molecule has 1 aromatic heterocycles. The van der Waals surface area contributed by atoms with Crippen LogP contribution in [-0.4, -0.2) is 29.1 Å². The van der Waals surface area contributed by atoms with Crippen LogP contribution in [0.1, 0.15) is 32.6 Å². The minimum atomic E-state index is -0.597. The molecule has 1 heterocycles. The van der Waals surface area contributed by atoms with Crippen molar-refractivity contribution < 1.29 is 14.3 Å². The summed E-state index contributed by atoms with van der Waals surface area (Å²) in [6, 6.07) is 4.79. The van der Waals surface area contributed by atoms with Crippen LogP contribution in [0.15, 0.2) is 29.2 Å². The lowest BCUT2D eigenvalue weighted by molar-refractivity contribution is -0.149. The summed E-state index contributed by atoms with van der Waals surface area (Å²) in [6.07, 6.45) is 5.91. The first-order valence-corrected chi connectivity index (χ1v) is 7.66. The highest BCUT2D eigenvalue weighted by atomic mass is 16.5. The Labute approximate surface area is 129 Å².